The lowest BCUT2D eigenvalue weighted by atomic mass is 10.1. The van der Waals surface area contributed by atoms with Crippen molar-refractivity contribution in [3.8, 4) is 0 Å². The summed E-state index contributed by atoms with van der Waals surface area (Å²) in [6, 6.07) is 8.61. The van der Waals surface area contributed by atoms with E-state index in [0.717, 1.165) is 26.1 Å². The van der Waals surface area contributed by atoms with Gasteiger partial charge in [-0.15, -0.1) is 11.3 Å². The van der Waals surface area contributed by atoms with Crippen LogP contribution in [0.5, 0.6) is 0 Å². The van der Waals surface area contributed by atoms with Crippen molar-refractivity contribution in [2.75, 3.05) is 13.1 Å². The molecule has 0 bridgehead atoms. The van der Waals surface area contributed by atoms with Crippen LogP contribution in [0.25, 0.3) is 10.1 Å². The lowest BCUT2D eigenvalue weighted by Crippen LogP contribution is -2.30. The van der Waals surface area contributed by atoms with Crippen LogP contribution in [0.4, 0.5) is 0 Å². The van der Waals surface area contributed by atoms with Crippen molar-refractivity contribution < 1.29 is 0 Å². The van der Waals surface area contributed by atoms with E-state index in [1.807, 2.05) is 11.3 Å². The molecule has 0 saturated carbocycles. The van der Waals surface area contributed by atoms with Gasteiger partial charge in [0.05, 0.1) is 4.99 Å². The Balaban J connectivity index is 2.11. The molecule has 4 heteroatoms. The van der Waals surface area contributed by atoms with Crippen molar-refractivity contribution in [2.45, 2.75) is 26.8 Å². The number of nitrogens with zero attached hydrogens (tertiary/aromatic N) is 1. The lowest BCUT2D eigenvalue weighted by Gasteiger charge is -2.24. The van der Waals surface area contributed by atoms with Crippen molar-refractivity contribution >= 4 is 38.6 Å². The van der Waals surface area contributed by atoms with Gasteiger partial charge in [0, 0.05) is 30.8 Å². The summed E-state index contributed by atoms with van der Waals surface area (Å²) >= 11 is 6.83. The third-order valence-electron chi connectivity index (χ3n) is 3.25. The molecule has 0 unspecified atom stereocenters. The highest BCUT2D eigenvalue weighted by molar-refractivity contribution is 7.80. The van der Waals surface area contributed by atoms with Crippen LogP contribution >= 0.6 is 23.6 Å². The Hall–Kier alpha value is -0.970. The second-order valence-electron chi connectivity index (χ2n) is 5.60. The summed E-state index contributed by atoms with van der Waals surface area (Å²) in [5.74, 6) is 0.645. The molecule has 0 aliphatic heterocycles. The average Bonchev–Trinajstić information content (AvgIpc) is 2.79. The van der Waals surface area contributed by atoms with Gasteiger partial charge < -0.3 is 5.73 Å². The Labute approximate surface area is 130 Å². The van der Waals surface area contributed by atoms with Gasteiger partial charge in [0.1, 0.15) is 0 Å². The standard InChI is InChI=1S/C16H22N2S2/c1-12(2)9-18(8-7-16(17)19)10-13-11-20-15-6-4-3-5-14(13)15/h3-6,11-12H,7-10H2,1-2H3,(H2,17,19). The highest BCUT2D eigenvalue weighted by Crippen LogP contribution is 2.26. The van der Waals surface area contributed by atoms with Crippen molar-refractivity contribution in [1.82, 2.24) is 4.90 Å². The average molecular weight is 306 g/mol. The molecule has 2 N–H and O–H groups in total. The van der Waals surface area contributed by atoms with Crippen LogP contribution < -0.4 is 5.73 Å². The smallest absolute Gasteiger partial charge is 0.0740 e. The molecule has 0 aliphatic carbocycles. The monoisotopic (exact) mass is 306 g/mol. The molecule has 0 atom stereocenters. The number of hydrogen-bond acceptors (Lipinski definition) is 3. The number of nitrogens with two attached hydrogens (primary N) is 1. The molecular weight excluding hydrogens is 284 g/mol. The molecule has 1 aromatic carbocycles. The number of thiocarbonyl (C=S) groups is 1. The van der Waals surface area contributed by atoms with Gasteiger partial charge >= 0.3 is 0 Å². The second kappa shape index (κ2) is 7.16. The summed E-state index contributed by atoms with van der Waals surface area (Å²) in [6.07, 6.45) is 0.796. The predicted octanol–water partition coefficient (Wildman–Crippen LogP) is 4.04. The molecule has 2 rings (SSSR count). The molecule has 0 aliphatic rings. The molecule has 108 valence electrons. The highest BCUT2D eigenvalue weighted by Gasteiger charge is 2.11. The number of thiophene rings is 1. The third-order valence-corrected chi connectivity index (χ3v) is 4.47. The molecule has 0 amide bonds. The SMILES string of the molecule is CC(C)CN(CCC(N)=S)Cc1csc2ccccc12. The molecule has 0 radical (unpaired) electrons. The van der Waals surface area contributed by atoms with E-state index in [0.29, 0.717) is 10.9 Å². The minimum Gasteiger partial charge on any atom is -0.393 e. The minimum absolute atomic E-state index is 0.605. The summed E-state index contributed by atoms with van der Waals surface area (Å²) in [5, 5.41) is 3.65. The molecule has 20 heavy (non-hydrogen) atoms. The van der Waals surface area contributed by atoms with Crippen LogP contribution in [0.15, 0.2) is 29.6 Å². The maximum absolute atomic E-state index is 5.64. The minimum atomic E-state index is 0.605. The van der Waals surface area contributed by atoms with E-state index in [4.69, 9.17) is 18.0 Å². The van der Waals surface area contributed by atoms with E-state index in [-0.39, 0.29) is 0 Å². The van der Waals surface area contributed by atoms with Gasteiger partial charge in [0.15, 0.2) is 0 Å². The third kappa shape index (κ3) is 4.27. The van der Waals surface area contributed by atoms with E-state index in [1.165, 1.54) is 15.6 Å². The van der Waals surface area contributed by atoms with E-state index in [2.05, 4.69) is 48.4 Å². The Morgan fingerprint density at radius 2 is 2.10 bits per heavy atom. The van der Waals surface area contributed by atoms with Gasteiger partial charge in [-0.2, -0.15) is 0 Å². The molecule has 0 saturated heterocycles. The van der Waals surface area contributed by atoms with Gasteiger partial charge in [-0.1, -0.05) is 44.3 Å². The van der Waals surface area contributed by atoms with E-state index in [1.54, 1.807) is 0 Å². The van der Waals surface area contributed by atoms with Crippen molar-refractivity contribution in [1.29, 1.82) is 0 Å². The van der Waals surface area contributed by atoms with Gasteiger partial charge in [0.25, 0.3) is 0 Å². The van der Waals surface area contributed by atoms with Gasteiger partial charge in [-0.05, 0) is 28.3 Å². The van der Waals surface area contributed by atoms with Gasteiger partial charge in [-0.25, -0.2) is 0 Å². The first-order valence-electron chi connectivity index (χ1n) is 7.02. The summed E-state index contributed by atoms with van der Waals surface area (Å²) in [5.41, 5.74) is 7.05. The van der Waals surface area contributed by atoms with Crippen molar-refractivity contribution in [3.63, 3.8) is 0 Å². The first-order valence-corrected chi connectivity index (χ1v) is 8.31. The predicted molar refractivity (Wildman–Crippen MR) is 93.3 cm³/mol. The molecule has 1 aromatic heterocycles. The Kier molecular flexibility index (Phi) is 5.52. The molecule has 0 spiro atoms. The van der Waals surface area contributed by atoms with Crippen LogP contribution in [0, 0.1) is 5.92 Å². The maximum Gasteiger partial charge on any atom is 0.0740 e. The fourth-order valence-corrected chi connectivity index (χ4v) is 3.46. The summed E-state index contributed by atoms with van der Waals surface area (Å²) in [6.45, 7) is 7.49. The molecule has 2 nitrogen and oxygen atoms in total. The number of fused-ring (bicyclic) bond motifs is 1. The summed E-state index contributed by atoms with van der Waals surface area (Å²) in [4.78, 5) is 3.06. The summed E-state index contributed by atoms with van der Waals surface area (Å²) < 4.78 is 1.36. The van der Waals surface area contributed by atoms with Crippen molar-refractivity contribution in [2.24, 2.45) is 11.7 Å². The van der Waals surface area contributed by atoms with Crippen LogP contribution in [0.3, 0.4) is 0 Å². The van der Waals surface area contributed by atoms with E-state index in [9.17, 15) is 0 Å². The topological polar surface area (TPSA) is 29.3 Å². The number of rotatable bonds is 7. The van der Waals surface area contributed by atoms with Gasteiger partial charge in [0.2, 0.25) is 0 Å². The zero-order valence-corrected chi connectivity index (χ0v) is 13.8. The molecule has 1 heterocycles. The maximum atomic E-state index is 5.64. The highest BCUT2D eigenvalue weighted by atomic mass is 32.1. The van der Waals surface area contributed by atoms with E-state index >= 15 is 0 Å². The molecule has 0 fully saturated rings. The Morgan fingerprint density at radius 1 is 1.35 bits per heavy atom. The number of hydrogen-bond donors (Lipinski definition) is 1. The van der Waals surface area contributed by atoms with Crippen LogP contribution in [0.2, 0.25) is 0 Å². The second-order valence-corrected chi connectivity index (χ2v) is 7.04. The number of benzene rings is 1. The fourth-order valence-electron chi connectivity index (χ4n) is 2.42. The van der Waals surface area contributed by atoms with Crippen LogP contribution in [-0.2, 0) is 6.54 Å². The zero-order valence-electron chi connectivity index (χ0n) is 12.1. The summed E-state index contributed by atoms with van der Waals surface area (Å²) in [7, 11) is 0. The lowest BCUT2D eigenvalue weighted by molar-refractivity contribution is 0.244. The Morgan fingerprint density at radius 3 is 2.80 bits per heavy atom. The molecule has 2 aromatic rings. The van der Waals surface area contributed by atoms with Crippen molar-refractivity contribution in [3.05, 3.63) is 35.2 Å². The van der Waals surface area contributed by atoms with Crippen LogP contribution in [-0.4, -0.2) is 23.0 Å². The largest absolute Gasteiger partial charge is 0.393 e. The zero-order chi connectivity index (χ0) is 14.5. The van der Waals surface area contributed by atoms with Crippen LogP contribution in [0.1, 0.15) is 25.8 Å². The first-order chi connectivity index (χ1) is 9.56. The van der Waals surface area contributed by atoms with E-state index < -0.39 is 0 Å². The normalized spacial score (nSPS) is 11.6. The first kappa shape index (κ1) is 15.4. The fraction of sp³-hybridized carbons (Fsp3) is 0.438. The Bertz CT molecular complexity index is 575. The van der Waals surface area contributed by atoms with Gasteiger partial charge in [-0.3, -0.25) is 4.90 Å². The quantitative estimate of drug-likeness (QED) is 0.783. The molecular formula is C16H22N2S2.